The van der Waals surface area contributed by atoms with Gasteiger partial charge < -0.3 is 9.40 Å². The molecule has 0 aliphatic carbocycles. The summed E-state index contributed by atoms with van der Waals surface area (Å²) in [4.78, 5) is 15.3. The standard InChI is InChI=1S/C20H16FNO2/c1-10-9-24-19-12(3)18-15(8-14(10)19)17(11(2)20(23)22-18)13-6-4-5-7-16(13)21/h4-9H,1-3H3,(H,22,23). The Hall–Kier alpha value is -2.88. The fourth-order valence-electron chi connectivity index (χ4n) is 3.35. The van der Waals surface area contributed by atoms with Crippen LogP contribution in [0.15, 0.2) is 45.8 Å². The molecule has 1 N–H and O–H groups in total. The second-order valence-electron chi connectivity index (χ2n) is 6.15. The predicted octanol–water partition coefficient (Wildman–Crippen LogP) is 5.01. The molecule has 0 radical (unpaired) electrons. The highest BCUT2D eigenvalue weighted by atomic mass is 19.1. The maximum absolute atomic E-state index is 14.4. The molecule has 120 valence electrons. The average molecular weight is 321 g/mol. The number of hydrogen-bond donors (Lipinski definition) is 1. The molecular formula is C20H16FNO2. The van der Waals surface area contributed by atoms with E-state index in [2.05, 4.69) is 4.98 Å². The topological polar surface area (TPSA) is 46.0 Å². The van der Waals surface area contributed by atoms with Gasteiger partial charge in [-0.25, -0.2) is 4.39 Å². The van der Waals surface area contributed by atoms with Gasteiger partial charge in [-0.15, -0.1) is 0 Å². The van der Waals surface area contributed by atoms with Gasteiger partial charge in [0.15, 0.2) is 0 Å². The van der Waals surface area contributed by atoms with Gasteiger partial charge in [0.05, 0.1) is 11.8 Å². The number of furan rings is 1. The van der Waals surface area contributed by atoms with Crippen LogP contribution in [0, 0.1) is 26.6 Å². The Morgan fingerprint density at radius 1 is 1.04 bits per heavy atom. The minimum absolute atomic E-state index is 0.216. The molecule has 4 aromatic rings. The monoisotopic (exact) mass is 321 g/mol. The van der Waals surface area contributed by atoms with Crippen LogP contribution in [0.1, 0.15) is 16.7 Å². The summed E-state index contributed by atoms with van der Waals surface area (Å²) in [6.45, 7) is 5.60. The zero-order chi connectivity index (χ0) is 17.0. The molecule has 4 heteroatoms. The summed E-state index contributed by atoms with van der Waals surface area (Å²) in [6.07, 6.45) is 1.70. The second kappa shape index (κ2) is 5.06. The summed E-state index contributed by atoms with van der Waals surface area (Å²) >= 11 is 0. The van der Waals surface area contributed by atoms with Crippen LogP contribution in [-0.2, 0) is 0 Å². The first kappa shape index (κ1) is 14.7. The molecule has 0 atom stereocenters. The van der Waals surface area contributed by atoms with Crippen LogP contribution in [0.5, 0.6) is 0 Å². The molecule has 0 amide bonds. The third-order valence-electron chi connectivity index (χ3n) is 4.66. The normalized spacial score (nSPS) is 11.5. The highest BCUT2D eigenvalue weighted by molar-refractivity contribution is 6.06. The summed E-state index contributed by atoms with van der Waals surface area (Å²) < 4.78 is 20.0. The Morgan fingerprint density at radius 2 is 1.79 bits per heavy atom. The number of nitrogens with one attached hydrogen (secondary N) is 1. The zero-order valence-corrected chi connectivity index (χ0v) is 13.7. The number of pyridine rings is 1. The van der Waals surface area contributed by atoms with E-state index < -0.39 is 0 Å². The average Bonchev–Trinajstić information content (AvgIpc) is 2.93. The molecule has 0 aliphatic heterocycles. The van der Waals surface area contributed by atoms with Crippen LogP contribution in [-0.4, -0.2) is 4.98 Å². The number of rotatable bonds is 1. The van der Waals surface area contributed by atoms with Crippen LogP contribution >= 0.6 is 0 Å². The Bertz CT molecular complexity index is 1170. The second-order valence-corrected chi connectivity index (χ2v) is 6.15. The van der Waals surface area contributed by atoms with E-state index in [1.54, 1.807) is 31.4 Å². The molecule has 0 spiro atoms. The fraction of sp³-hybridized carbons (Fsp3) is 0.150. The maximum atomic E-state index is 14.4. The minimum atomic E-state index is -0.339. The van der Waals surface area contributed by atoms with E-state index in [-0.39, 0.29) is 11.4 Å². The highest BCUT2D eigenvalue weighted by Gasteiger charge is 2.18. The van der Waals surface area contributed by atoms with Crippen molar-refractivity contribution in [1.82, 2.24) is 4.98 Å². The lowest BCUT2D eigenvalue weighted by Gasteiger charge is -2.13. The van der Waals surface area contributed by atoms with Crippen molar-refractivity contribution in [3.05, 3.63) is 69.5 Å². The van der Waals surface area contributed by atoms with Gasteiger partial charge in [0.1, 0.15) is 11.4 Å². The zero-order valence-electron chi connectivity index (χ0n) is 13.7. The first-order valence-electron chi connectivity index (χ1n) is 7.78. The van der Waals surface area contributed by atoms with E-state index in [1.165, 1.54) is 6.07 Å². The van der Waals surface area contributed by atoms with E-state index in [9.17, 15) is 9.18 Å². The molecule has 24 heavy (non-hydrogen) atoms. The molecule has 0 unspecified atom stereocenters. The molecule has 2 aromatic heterocycles. The summed E-state index contributed by atoms with van der Waals surface area (Å²) in [5.74, 6) is -0.339. The molecule has 2 aromatic carbocycles. The summed E-state index contributed by atoms with van der Waals surface area (Å²) in [5, 5.41) is 1.80. The molecule has 2 heterocycles. The van der Waals surface area contributed by atoms with Crippen molar-refractivity contribution < 1.29 is 8.81 Å². The molecule has 0 aliphatic rings. The Balaban J connectivity index is 2.28. The molecule has 0 saturated carbocycles. The van der Waals surface area contributed by atoms with Gasteiger partial charge in [0.25, 0.3) is 5.56 Å². The van der Waals surface area contributed by atoms with Crippen LogP contribution in [0.2, 0.25) is 0 Å². The third-order valence-corrected chi connectivity index (χ3v) is 4.66. The van der Waals surface area contributed by atoms with Crippen LogP contribution in [0.25, 0.3) is 33.0 Å². The van der Waals surface area contributed by atoms with Crippen molar-refractivity contribution in [2.75, 3.05) is 0 Å². The number of fused-ring (bicyclic) bond motifs is 2. The van der Waals surface area contributed by atoms with Gasteiger partial charge in [0, 0.05) is 33.0 Å². The van der Waals surface area contributed by atoms with Gasteiger partial charge in [-0.3, -0.25) is 4.79 Å². The third kappa shape index (κ3) is 1.92. The van der Waals surface area contributed by atoms with Crippen molar-refractivity contribution in [1.29, 1.82) is 0 Å². The van der Waals surface area contributed by atoms with Crippen molar-refractivity contribution in [3.63, 3.8) is 0 Å². The van der Waals surface area contributed by atoms with Crippen molar-refractivity contribution in [3.8, 4) is 11.1 Å². The van der Waals surface area contributed by atoms with Crippen LogP contribution in [0.4, 0.5) is 4.39 Å². The van der Waals surface area contributed by atoms with E-state index in [4.69, 9.17) is 4.42 Å². The number of aryl methyl sites for hydroxylation is 2. The summed E-state index contributed by atoms with van der Waals surface area (Å²) in [5.41, 5.74) is 4.66. The Labute approximate surface area is 137 Å². The Kier molecular flexibility index (Phi) is 3.10. The highest BCUT2D eigenvalue weighted by Crippen LogP contribution is 2.36. The maximum Gasteiger partial charge on any atom is 0.251 e. The first-order chi connectivity index (χ1) is 11.5. The van der Waals surface area contributed by atoms with E-state index >= 15 is 0 Å². The Morgan fingerprint density at radius 3 is 2.54 bits per heavy atom. The lowest BCUT2D eigenvalue weighted by molar-refractivity contribution is 0.611. The van der Waals surface area contributed by atoms with E-state index in [1.807, 2.05) is 19.9 Å². The number of hydrogen-bond acceptors (Lipinski definition) is 2. The van der Waals surface area contributed by atoms with Crippen molar-refractivity contribution in [2.24, 2.45) is 0 Å². The molecule has 3 nitrogen and oxygen atoms in total. The summed E-state index contributed by atoms with van der Waals surface area (Å²) in [7, 11) is 0. The molecule has 4 rings (SSSR count). The van der Waals surface area contributed by atoms with Gasteiger partial charge in [-0.1, -0.05) is 18.2 Å². The van der Waals surface area contributed by atoms with Gasteiger partial charge in [-0.05, 0) is 38.5 Å². The van der Waals surface area contributed by atoms with E-state index in [0.717, 1.165) is 27.5 Å². The lowest BCUT2D eigenvalue weighted by atomic mass is 9.94. The first-order valence-corrected chi connectivity index (χ1v) is 7.78. The van der Waals surface area contributed by atoms with Gasteiger partial charge >= 0.3 is 0 Å². The molecule has 0 saturated heterocycles. The largest absolute Gasteiger partial charge is 0.464 e. The van der Waals surface area contributed by atoms with Crippen molar-refractivity contribution >= 4 is 21.9 Å². The number of H-pyrrole nitrogens is 1. The molecular weight excluding hydrogens is 305 g/mol. The smallest absolute Gasteiger partial charge is 0.251 e. The predicted molar refractivity (Wildman–Crippen MR) is 93.9 cm³/mol. The van der Waals surface area contributed by atoms with Gasteiger partial charge in [-0.2, -0.15) is 0 Å². The molecule has 0 fully saturated rings. The van der Waals surface area contributed by atoms with Crippen LogP contribution < -0.4 is 5.56 Å². The number of aromatic amines is 1. The fourth-order valence-corrected chi connectivity index (χ4v) is 3.35. The van der Waals surface area contributed by atoms with E-state index in [0.29, 0.717) is 22.2 Å². The van der Waals surface area contributed by atoms with Crippen LogP contribution in [0.3, 0.4) is 0 Å². The van der Waals surface area contributed by atoms with Crippen molar-refractivity contribution in [2.45, 2.75) is 20.8 Å². The molecule has 0 bridgehead atoms. The number of aromatic nitrogens is 1. The number of halogens is 1. The lowest BCUT2D eigenvalue weighted by Crippen LogP contribution is -2.12. The SMILES string of the molecule is Cc1c(-c2ccccc2F)c2cc3c(C)coc3c(C)c2[nH]c1=O. The quantitative estimate of drug-likeness (QED) is 0.536. The minimum Gasteiger partial charge on any atom is -0.464 e. The van der Waals surface area contributed by atoms with Gasteiger partial charge in [0.2, 0.25) is 0 Å². The number of benzene rings is 2. The summed E-state index contributed by atoms with van der Waals surface area (Å²) in [6, 6.07) is 8.52.